The van der Waals surface area contributed by atoms with Crippen molar-refractivity contribution in [2.45, 2.75) is 18.9 Å². The van der Waals surface area contributed by atoms with Gasteiger partial charge >= 0.3 is 0 Å². The Bertz CT molecular complexity index is 487. The summed E-state index contributed by atoms with van der Waals surface area (Å²) in [6.45, 7) is 1.99. The van der Waals surface area contributed by atoms with E-state index >= 15 is 0 Å². The second kappa shape index (κ2) is 5.60. The van der Waals surface area contributed by atoms with E-state index in [1.807, 2.05) is 49.4 Å². The van der Waals surface area contributed by atoms with E-state index in [0.717, 1.165) is 14.8 Å². The highest BCUT2D eigenvalue weighted by molar-refractivity contribution is 14.1. The molecular formula is C14H14INO. The summed E-state index contributed by atoms with van der Waals surface area (Å²) < 4.78 is 1.13. The number of benzene rings is 1. The zero-order chi connectivity index (χ0) is 12.3. The van der Waals surface area contributed by atoms with Gasteiger partial charge in [-0.3, -0.25) is 4.98 Å². The molecule has 0 aliphatic heterocycles. The van der Waals surface area contributed by atoms with E-state index in [1.54, 1.807) is 6.20 Å². The minimum Gasteiger partial charge on any atom is -0.388 e. The minimum atomic E-state index is -0.514. The van der Waals surface area contributed by atoms with Crippen molar-refractivity contribution in [2.24, 2.45) is 0 Å². The minimum absolute atomic E-state index is 0.00519. The van der Waals surface area contributed by atoms with Crippen LogP contribution in [0.5, 0.6) is 0 Å². The van der Waals surface area contributed by atoms with Crippen molar-refractivity contribution in [3.05, 3.63) is 63.5 Å². The van der Waals surface area contributed by atoms with Gasteiger partial charge in [0.2, 0.25) is 0 Å². The number of aromatic nitrogens is 1. The third-order valence-electron chi connectivity index (χ3n) is 2.82. The fourth-order valence-electron chi connectivity index (χ4n) is 1.79. The predicted octanol–water partition coefficient (Wildman–Crippen LogP) is 3.52. The monoisotopic (exact) mass is 339 g/mol. The van der Waals surface area contributed by atoms with Crippen molar-refractivity contribution >= 4 is 22.6 Å². The fourth-order valence-corrected chi connectivity index (χ4v) is 2.35. The predicted molar refractivity (Wildman–Crippen MR) is 76.8 cm³/mol. The molecule has 2 nitrogen and oxygen atoms in total. The highest BCUT2D eigenvalue weighted by Gasteiger charge is 2.19. The first-order valence-corrected chi connectivity index (χ1v) is 6.61. The fraction of sp³-hybridized carbons (Fsp3) is 0.214. The summed E-state index contributed by atoms with van der Waals surface area (Å²) in [6, 6.07) is 13.7. The Morgan fingerprint density at radius 2 is 2.00 bits per heavy atom. The highest BCUT2D eigenvalue weighted by Crippen LogP contribution is 2.29. The number of halogens is 1. The molecule has 0 bridgehead atoms. The SMILES string of the molecule is CC(c1ccccn1)C(O)c1cccc(I)c1. The van der Waals surface area contributed by atoms with Crippen LogP contribution in [0, 0.1) is 3.57 Å². The summed E-state index contributed by atoms with van der Waals surface area (Å²) in [5, 5.41) is 10.3. The summed E-state index contributed by atoms with van der Waals surface area (Å²) in [6.07, 6.45) is 1.24. The Morgan fingerprint density at radius 1 is 1.18 bits per heavy atom. The van der Waals surface area contributed by atoms with Crippen molar-refractivity contribution < 1.29 is 5.11 Å². The van der Waals surface area contributed by atoms with Crippen molar-refractivity contribution in [2.75, 3.05) is 0 Å². The molecule has 0 fully saturated rings. The molecule has 2 atom stereocenters. The summed E-state index contributed by atoms with van der Waals surface area (Å²) in [4.78, 5) is 4.29. The first-order valence-electron chi connectivity index (χ1n) is 5.53. The van der Waals surface area contributed by atoms with Crippen molar-refractivity contribution in [3.8, 4) is 0 Å². The molecule has 1 aromatic carbocycles. The Balaban J connectivity index is 2.23. The normalized spacial score (nSPS) is 14.3. The van der Waals surface area contributed by atoms with Gasteiger partial charge in [-0.05, 0) is 52.4 Å². The smallest absolute Gasteiger partial charge is 0.0871 e. The largest absolute Gasteiger partial charge is 0.388 e. The molecule has 17 heavy (non-hydrogen) atoms. The quantitative estimate of drug-likeness (QED) is 0.868. The molecule has 0 saturated carbocycles. The van der Waals surface area contributed by atoms with Gasteiger partial charge in [0.25, 0.3) is 0 Å². The van der Waals surface area contributed by atoms with Gasteiger partial charge in [0, 0.05) is 21.4 Å². The first kappa shape index (κ1) is 12.5. The maximum Gasteiger partial charge on any atom is 0.0871 e. The second-order valence-electron chi connectivity index (χ2n) is 4.04. The molecule has 0 amide bonds. The van der Waals surface area contributed by atoms with E-state index < -0.39 is 6.10 Å². The molecule has 2 unspecified atom stereocenters. The molecule has 2 aromatic rings. The Labute approximate surface area is 115 Å². The lowest BCUT2D eigenvalue weighted by atomic mass is 9.94. The zero-order valence-electron chi connectivity index (χ0n) is 9.55. The van der Waals surface area contributed by atoms with Crippen LogP contribution in [-0.2, 0) is 0 Å². The molecule has 2 rings (SSSR count). The van der Waals surface area contributed by atoms with Crippen LogP contribution in [0.4, 0.5) is 0 Å². The van der Waals surface area contributed by atoms with Crippen molar-refractivity contribution in [1.82, 2.24) is 4.98 Å². The van der Waals surface area contributed by atoms with Crippen molar-refractivity contribution in [1.29, 1.82) is 0 Å². The van der Waals surface area contributed by atoms with Gasteiger partial charge in [-0.15, -0.1) is 0 Å². The molecule has 0 aliphatic rings. The zero-order valence-corrected chi connectivity index (χ0v) is 11.7. The van der Waals surface area contributed by atoms with Crippen LogP contribution >= 0.6 is 22.6 Å². The number of aliphatic hydroxyl groups is 1. The van der Waals surface area contributed by atoms with Crippen LogP contribution in [-0.4, -0.2) is 10.1 Å². The van der Waals surface area contributed by atoms with Crippen LogP contribution in [0.25, 0.3) is 0 Å². The molecule has 1 N–H and O–H groups in total. The lowest BCUT2D eigenvalue weighted by molar-refractivity contribution is 0.150. The molecule has 0 aliphatic carbocycles. The lowest BCUT2D eigenvalue weighted by Crippen LogP contribution is -2.09. The topological polar surface area (TPSA) is 33.1 Å². The number of nitrogens with zero attached hydrogens (tertiary/aromatic N) is 1. The molecule has 0 spiro atoms. The van der Waals surface area contributed by atoms with E-state index in [9.17, 15) is 5.11 Å². The second-order valence-corrected chi connectivity index (χ2v) is 5.29. The van der Waals surface area contributed by atoms with Crippen LogP contribution in [0.1, 0.15) is 30.2 Å². The van der Waals surface area contributed by atoms with Gasteiger partial charge in [0.15, 0.2) is 0 Å². The van der Waals surface area contributed by atoms with Gasteiger partial charge in [0.1, 0.15) is 0 Å². The maximum atomic E-state index is 10.3. The number of rotatable bonds is 3. The van der Waals surface area contributed by atoms with Crippen LogP contribution in [0.15, 0.2) is 48.7 Å². The summed E-state index contributed by atoms with van der Waals surface area (Å²) in [5.74, 6) is -0.00519. The van der Waals surface area contributed by atoms with Gasteiger partial charge in [0.05, 0.1) is 6.10 Å². The molecule has 0 radical (unpaired) electrons. The van der Waals surface area contributed by atoms with E-state index in [1.165, 1.54) is 0 Å². The van der Waals surface area contributed by atoms with Crippen LogP contribution < -0.4 is 0 Å². The molecule has 1 heterocycles. The van der Waals surface area contributed by atoms with Crippen LogP contribution in [0.3, 0.4) is 0 Å². The van der Waals surface area contributed by atoms with Gasteiger partial charge < -0.3 is 5.11 Å². The van der Waals surface area contributed by atoms with Crippen LogP contribution in [0.2, 0.25) is 0 Å². The molecule has 88 valence electrons. The average molecular weight is 339 g/mol. The highest BCUT2D eigenvalue weighted by atomic mass is 127. The van der Waals surface area contributed by atoms with Crippen molar-refractivity contribution in [3.63, 3.8) is 0 Å². The summed E-state index contributed by atoms with van der Waals surface area (Å²) >= 11 is 2.25. The van der Waals surface area contributed by atoms with Gasteiger partial charge in [-0.1, -0.05) is 25.1 Å². The van der Waals surface area contributed by atoms with E-state index in [4.69, 9.17) is 0 Å². The maximum absolute atomic E-state index is 10.3. The number of aliphatic hydroxyl groups excluding tert-OH is 1. The van der Waals surface area contributed by atoms with E-state index in [-0.39, 0.29) is 5.92 Å². The number of pyridine rings is 1. The molecular weight excluding hydrogens is 325 g/mol. The lowest BCUT2D eigenvalue weighted by Gasteiger charge is -2.18. The Morgan fingerprint density at radius 3 is 2.65 bits per heavy atom. The molecule has 3 heteroatoms. The standard InChI is InChI=1S/C14H14INO/c1-10(13-7-2-3-8-16-13)14(17)11-5-4-6-12(15)9-11/h2-10,14,17H,1H3. The molecule has 0 saturated heterocycles. The molecule has 1 aromatic heterocycles. The van der Waals surface area contributed by atoms with E-state index in [0.29, 0.717) is 0 Å². The first-order chi connectivity index (χ1) is 8.18. The van der Waals surface area contributed by atoms with Gasteiger partial charge in [-0.2, -0.15) is 0 Å². The third-order valence-corrected chi connectivity index (χ3v) is 3.49. The summed E-state index contributed by atoms with van der Waals surface area (Å²) in [5.41, 5.74) is 1.86. The Hall–Kier alpha value is -0.940. The Kier molecular flexibility index (Phi) is 4.12. The summed E-state index contributed by atoms with van der Waals surface area (Å²) in [7, 11) is 0. The number of hydrogen-bond acceptors (Lipinski definition) is 2. The third kappa shape index (κ3) is 3.04. The average Bonchev–Trinajstić information content (AvgIpc) is 2.38. The van der Waals surface area contributed by atoms with E-state index in [2.05, 4.69) is 27.6 Å². The number of hydrogen-bond donors (Lipinski definition) is 1. The van der Waals surface area contributed by atoms with Gasteiger partial charge in [-0.25, -0.2) is 0 Å².